The van der Waals surface area contributed by atoms with Gasteiger partial charge < -0.3 is 4.57 Å². The molecule has 200 valence electrons. The maximum Gasteiger partial charge on any atom is 0.143 e. The van der Waals surface area contributed by atoms with Crippen LogP contribution in [0.25, 0.3) is 11.0 Å². The van der Waals surface area contributed by atoms with E-state index in [2.05, 4.69) is 38.6 Å². The molecule has 1 aromatic carbocycles. The van der Waals surface area contributed by atoms with Crippen molar-refractivity contribution < 1.29 is 4.79 Å². The van der Waals surface area contributed by atoms with Crippen LogP contribution in [0.4, 0.5) is 0 Å². The van der Waals surface area contributed by atoms with Crippen molar-refractivity contribution in [3.8, 4) is 0 Å². The summed E-state index contributed by atoms with van der Waals surface area (Å²) in [6, 6.07) is 11.9. The number of rotatable bonds is 5. The Kier molecular flexibility index (Phi) is 6.65. The first-order valence-electron chi connectivity index (χ1n) is 15.6. The molecule has 2 saturated carbocycles. The smallest absolute Gasteiger partial charge is 0.143 e. The van der Waals surface area contributed by atoms with Crippen molar-refractivity contribution in [3.63, 3.8) is 0 Å². The number of carbonyl (C=O) groups excluding carboxylic acids is 1. The lowest BCUT2D eigenvalue weighted by Crippen LogP contribution is -2.58. The van der Waals surface area contributed by atoms with Gasteiger partial charge in [-0.15, -0.1) is 0 Å². The van der Waals surface area contributed by atoms with E-state index in [9.17, 15) is 4.79 Å². The summed E-state index contributed by atoms with van der Waals surface area (Å²) in [4.78, 5) is 22.8. The average Bonchev–Trinajstić information content (AvgIpc) is 3.45. The Balaban J connectivity index is 1.20. The van der Waals surface area contributed by atoms with Gasteiger partial charge in [-0.2, -0.15) is 0 Å². The zero-order valence-corrected chi connectivity index (χ0v) is 22.9. The molecule has 4 heterocycles. The number of benzene rings is 1. The number of piperidine rings is 2. The molecule has 0 N–H and O–H groups in total. The lowest BCUT2D eigenvalue weighted by Gasteiger charge is -2.55. The molecule has 0 amide bonds. The summed E-state index contributed by atoms with van der Waals surface area (Å²) in [5.74, 6) is 3.48. The molecule has 0 radical (unpaired) electrons. The summed E-state index contributed by atoms with van der Waals surface area (Å²) >= 11 is 0. The second kappa shape index (κ2) is 10.1. The molecule has 3 unspecified atom stereocenters. The number of Topliss-reactive ketones (excluding diaryl/α,β-unsaturated/α-hetero) is 1. The zero-order chi connectivity index (χ0) is 24.9. The van der Waals surface area contributed by atoms with E-state index in [-0.39, 0.29) is 11.8 Å². The minimum atomic E-state index is 0.269. The van der Waals surface area contributed by atoms with Crippen LogP contribution in [0.2, 0.25) is 0 Å². The maximum atomic E-state index is 12.1. The number of nitrogens with zero attached hydrogens (tertiary/aromatic N) is 4. The normalized spacial score (nSPS) is 37.1. The van der Waals surface area contributed by atoms with Gasteiger partial charge >= 0.3 is 0 Å². The third-order valence-corrected chi connectivity index (χ3v) is 10.9. The van der Waals surface area contributed by atoms with Crippen molar-refractivity contribution in [2.24, 2.45) is 11.8 Å². The number of fused-ring (bicyclic) bond motifs is 5. The molecular weight excluding hydrogens is 456 g/mol. The topological polar surface area (TPSA) is 41.4 Å². The van der Waals surface area contributed by atoms with Crippen LogP contribution in [-0.2, 0) is 4.79 Å². The molecular formula is C32H46N4O. The predicted octanol–water partition coefficient (Wildman–Crippen LogP) is 6.68. The van der Waals surface area contributed by atoms with Crippen LogP contribution in [0.1, 0.15) is 115 Å². The van der Waals surface area contributed by atoms with Crippen molar-refractivity contribution in [2.75, 3.05) is 13.1 Å². The molecule has 3 aliphatic heterocycles. The van der Waals surface area contributed by atoms with Gasteiger partial charge in [-0.05, 0) is 95.2 Å². The van der Waals surface area contributed by atoms with Gasteiger partial charge in [0.05, 0.1) is 23.6 Å². The van der Waals surface area contributed by atoms with E-state index < -0.39 is 0 Å². The van der Waals surface area contributed by atoms with E-state index in [1.54, 1.807) is 6.92 Å². The van der Waals surface area contributed by atoms with Gasteiger partial charge in [0.25, 0.3) is 0 Å². The number of carbonyl (C=O) groups is 1. The van der Waals surface area contributed by atoms with Gasteiger partial charge in [0.2, 0.25) is 0 Å². The van der Waals surface area contributed by atoms with Crippen molar-refractivity contribution in [3.05, 3.63) is 30.1 Å². The third kappa shape index (κ3) is 4.58. The molecule has 5 aliphatic rings. The first-order chi connectivity index (χ1) is 18.1. The average molecular weight is 503 g/mol. The first kappa shape index (κ1) is 24.3. The summed E-state index contributed by atoms with van der Waals surface area (Å²) in [5.41, 5.74) is 2.45. The summed E-state index contributed by atoms with van der Waals surface area (Å²) in [7, 11) is 0. The van der Waals surface area contributed by atoms with E-state index in [0.717, 1.165) is 54.9 Å². The van der Waals surface area contributed by atoms with Gasteiger partial charge in [-0.25, -0.2) is 4.98 Å². The van der Waals surface area contributed by atoms with Crippen molar-refractivity contribution in [1.82, 2.24) is 19.4 Å². The number of hydrogen-bond donors (Lipinski definition) is 0. The molecule has 7 atom stereocenters. The molecule has 2 aromatic rings. The van der Waals surface area contributed by atoms with Crippen LogP contribution >= 0.6 is 0 Å². The highest BCUT2D eigenvalue weighted by Crippen LogP contribution is 2.48. The minimum Gasteiger partial charge on any atom is -0.323 e. The van der Waals surface area contributed by atoms with Gasteiger partial charge in [0.1, 0.15) is 11.6 Å². The van der Waals surface area contributed by atoms with Gasteiger partial charge in [0.15, 0.2) is 0 Å². The predicted molar refractivity (Wildman–Crippen MR) is 149 cm³/mol. The van der Waals surface area contributed by atoms with Crippen LogP contribution in [-0.4, -0.2) is 56.3 Å². The van der Waals surface area contributed by atoms with E-state index in [1.165, 1.54) is 88.4 Å². The Bertz CT molecular complexity index is 1100. The highest BCUT2D eigenvalue weighted by Gasteiger charge is 2.45. The lowest BCUT2D eigenvalue weighted by molar-refractivity contribution is -0.118. The monoisotopic (exact) mass is 502 g/mol. The summed E-state index contributed by atoms with van der Waals surface area (Å²) in [6.45, 7) is 3.30. The minimum absolute atomic E-state index is 0.269. The van der Waals surface area contributed by atoms with E-state index in [1.807, 2.05) is 0 Å². The SMILES string of the molecule is CC(=O)CN1CCCC1c1nc2ccccc2n1C1C[C@H]2CCC[C@@H](C1)N2C1C[C@H]2CCCC[C@@H](C1)C2. The van der Waals surface area contributed by atoms with E-state index >= 15 is 0 Å². The summed E-state index contributed by atoms with van der Waals surface area (Å²) in [6.07, 6.45) is 19.4. The van der Waals surface area contributed by atoms with Crippen LogP contribution in [0.3, 0.4) is 0 Å². The zero-order valence-electron chi connectivity index (χ0n) is 22.9. The molecule has 1 aromatic heterocycles. The number of imidazole rings is 1. The highest BCUT2D eigenvalue weighted by atomic mass is 16.1. The molecule has 0 spiro atoms. The van der Waals surface area contributed by atoms with E-state index in [4.69, 9.17) is 4.98 Å². The number of aromatic nitrogens is 2. The summed E-state index contributed by atoms with van der Waals surface area (Å²) in [5, 5.41) is 0. The second-order valence-electron chi connectivity index (χ2n) is 13.3. The number of likely N-dealkylation sites (tertiary alicyclic amines) is 1. The van der Waals surface area contributed by atoms with Crippen LogP contribution in [0.5, 0.6) is 0 Å². The number of hydrogen-bond acceptors (Lipinski definition) is 4. The number of para-hydroxylation sites is 2. The standard InChI is InChI=1S/C32H46N4O/c1-22(37)21-34-15-7-14-31(34)32-33-29-12-4-5-13-30(29)36(32)28-19-25-10-6-11-26(20-28)35(25)27-17-23-8-2-3-9-24(16-23)18-27/h4-5,12-13,23-28,31H,2-3,6-11,14-21H2,1H3/t23-,24+,25-,26+,27?,28?,31?. The van der Waals surface area contributed by atoms with Crippen LogP contribution in [0, 0.1) is 11.8 Å². The number of ketones is 1. The summed E-state index contributed by atoms with van der Waals surface area (Å²) < 4.78 is 2.67. The lowest BCUT2D eigenvalue weighted by atomic mass is 9.73. The fraction of sp³-hybridized carbons (Fsp3) is 0.750. The van der Waals surface area contributed by atoms with Gasteiger partial charge in [0, 0.05) is 24.2 Å². The Hall–Kier alpha value is -1.72. The van der Waals surface area contributed by atoms with Crippen LogP contribution < -0.4 is 0 Å². The van der Waals surface area contributed by atoms with E-state index in [0.29, 0.717) is 12.6 Å². The Morgan fingerprint density at radius 3 is 2.27 bits per heavy atom. The Morgan fingerprint density at radius 2 is 1.54 bits per heavy atom. The van der Waals surface area contributed by atoms with Crippen molar-refractivity contribution >= 4 is 16.8 Å². The Labute approximate surface area is 223 Å². The molecule has 3 saturated heterocycles. The third-order valence-electron chi connectivity index (χ3n) is 10.9. The molecule has 5 fully saturated rings. The molecule has 7 rings (SSSR count). The van der Waals surface area contributed by atoms with Gasteiger partial charge in [-0.3, -0.25) is 14.6 Å². The fourth-order valence-corrected chi connectivity index (χ4v) is 9.58. The quantitative estimate of drug-likeness (QED) is 0.457. The van der Waals surface area contributed by atoms with Crippen molar-refractivity contribution in [2.45, 2.75) is 127 Å². The molecule has 5 nitrogen and oxygen atoms in total. The second-order valence-corrected chi connectivity index (χ2v) is 13.3. The molecule has 2 aliphatic carbocycles. The molecule has 5 heteroatoms. The Morgan fingerprint density at radius 1 is 0.811 bits per heavy atom. The molecule has 4 bridgehead atoms. The van der Waals surface area contributed by atoms with Crippen LogP contribution in [0.15, 0.2) is 24.3 Å². The maximum absolute atomic E-state index is 12.1. The van der Waals surface area contributed by atoms with Gasteiger partial charge in [-0.1, -0.05) is 44.2 Å². The largest absolute Gasteiger partial charge is 0.323 e. The highest BCUT2D eigenvalue weighted by molar-refractivity contribution is 5.78. The van der Waals surface area contributed by atoms with Crippen molar-refractivity contribution in [1.29, 1.82) is 0 Å². The first-order valence-corrected chi connectivity index (χ1v) is 15.6. The fourth-order valence-electron chi connectivity index (χ4n) is 9.58. The molecule has 37 heavy (non-hydrogen) atoms.